The van der Waals surface area contributed by atoms with Gasteiger partial charge in [0.25, 0.3) is 0 Å². The lowest BCUT2D eigenvalue weighted by atomic mass is 9.90. The fourth-order valence-corrected chi connectivity index (χ4v) is 0.609. The second kappa shape index (κ2) is 10.9. The molecule has 0 aromatic carbocycles. The highest BCUT2D eigenvalue weighted by atomic mass is 16.5. The third-order valence-corrected chi connectivity index (χ3v) is 2.54. The van der Waals surface area contributed by atoms with Gasteiger partial charge in [-0.25, -0.2) is 0 Å². The van der Waals surface area contributed by atoms with Gasteiger partial charge in [-0.2, -0.15) is 0 Å². The Labute approximate surface area is 126 Å². The van der Waals surface area contributed by atoms with Crippen LogP contribution in [0.15, 0.2) is 0 Å². The van der Waals surface area contributed by atoms with Crippen LogP contribution >= 0.6 is 0 Å². The van der Waals surface area contributed by atoms with Crippen molar-refractivity contribution in [3.63, 3.8) is 0 Å². The Balaban J connectivity index is -0.000000249. The van der Waals surface area contributed by atoms with Crippen LogP contribution < -0.4 is 5.73 Å². The molecule has 0 aromatic heterocycles. The molecule has 0 bridgehead atoms. The number of aliphatic hydroxyl groups is 2. The molecule has 0 saturated heterocycles. The first-order chi connectivity index (χ1) is 9.02. The van der Waals surface area contributed by atoms with E-state index >= 15 is 0 Å². The molecule has 0 saturated carbocycles. The summed E-state index contributed by atoms with van der Waals surface area (Å²) in [7, 11) is -2.17. The third kappa shape index (κ3) is 21.7. The van der Waals surface area contributed by atoms with Gasteiger partial charge in [-0.15, -0.1) is 0 Å². The van der Waals surface area contributed by atoms with E-state index in [0.717, 1.165) is 0 Å². The van der Waals surface area contributed by atoms with Crippen LogP contribution in [0, 0.1) is 5.92 Å². The zero-order valence-corrected chi connectivity index (χ0v) is 13.6. The molecule has 0 aliphatic carbocycles. The molecule has 1 atom stereocenters. The Morgan fingerprint density at radius 2 is 1.29 bits per heavy atom. The van der Waals surface area contributed by atoms with Crippen molar-refractivity contribution in [3.05, 3.63) is 0 Å². The van der Waals surface area contributed by atoms with Gasteiger partial charge >= 0.3 is 13.3 Å². The minimum absolute atomic E-state index is 0.357. The van der Waals surface area contributed by atoms with Crippen LogP contribution in [-0.4, -0.2) is 60.9 Å². The van der Waals surface area contributed by atoms with E-state index in [1.54, 1.807) is 27.7 Å². The molecule has 9 heteroatoms. The van der Waals surface area contributed by atoms with Gasteiger partial charge in [-0.3, -0.25) is 4.79 Å². The average molecular weight is 311 g/mol. The standard InChI is InChI=1S/C6H13NO2.C6H14O2.BH3O3/c1-4(2)3-5(7)6(8)9;1-5(2,7)6(3,4)8;2-1(3)4/h4-5H,3,7H2,1-2H3,(H,8,9);7-8H,1-4H3;2-4H. The van der Waals surface area contributed by atoms with E-state index in [9.17, 15) is 4.79 Å². The van der Waals surface area contributed by atoms with Crippen LogP contribution in [0.3, 0.4) is 0 Å². The van der Waals surface area contributed by atoms with Crippen molar-refractivity contribution in [2.75, 3.05) is 0 Å². The Kier molecular flexibility index (Phi) is 13.2. The van der Waals surface area contributed by atoms with Gasteiger partial charge in [0, 0.05) is 0 Å². The Bertz CT molecular complexity index is 257. The largest absolute Gasteiger partial charge is 0.631 e. The molecule has 8 nitrogen and oxygen atoms in total. The number of carboxylic acids is 1. The molecule has 21 heavy (non-hydrogen) atoms. The van der Waals surface area contributed by atoms with E-state index in [1.165, 1.54) is 0 Å². The minimum Gasteiger partial charge on any atom is -0.480 e. The first kappa shape index (κ1) is 25.3. The Hall–Kier alpha value is -0.705. The number of aliphatic carboxylic acids is 1. The number of carboxylic acid groups (broad SMARTS) is 1. The molecule has 0 spiro atoms. The van der Waals surface area contributed by atoms with Gasteiger partial charge in [-0.05, 0) is 40.0 Å². The summed E-state index contributed by atoms with van der Waals surface area (Å²) in [5.41, 5.74) is 3.20. The van der Waals surface area contributed by atoms with Crippen LogP contribution in [0.25, 0.3) is 0 Å². The topological polar surface area (TPSA) is 164 Å². The third-order valence-electron chi connectivity index (χ3n) is 2.54. The van der Waals surface area contributed by atoms with Gasteiger partial charge in [-0.1, -0.05) is 13.8 Å². The van der Waals surface area contributed by atoms with Crippen molar-refractivity contribution in [2.24, 2.45) is 11.7 Å². The Morgan fingerprint density at radius 3 is 1.33 bits per heavy atom. The quantitative estimate of drug-likeness (QED) is 0.322. The monoisotopic (exact) mass is 311 g/mol. The highest BCUT2D eigenvalue weighted by Crippen LogP contribution is 2.19. The van der Waals surface area contributed by atoms with E-state index in [4.69, 9.17) is 36.1 Å². The zero-order chi connectivity index (χ0) is 18.0. The van der Waals surface area contributed by atoms with Crippen molar-refractivity contribution in [2.45, 2.75) is 65.2 Å². The van der Waals surface area contributed by atoms with Crippen LogP contribution in [0.2, 0.25) is 0 Å². The maximum atomic E-state index is 10.1. The molecule has 0 heterocycles. The van der Waals surface area contributed by atoms with Gasteiger partial charge in [0.1, 0.15) is 6.04 Å². The van der Waals surface area contributed by atoms with E-state index in [-0.39, 0.29) is 0 Å². The molecular weight excluding hydrogens is 281 g/mol. The summed E-state index contributed by atoms with van der Waals surface area (Å²) in [6.07, 6.45) is 0.551. The number of nitrogens with two attached hydrogens (primary N) is 1. The smallest absolute Gasteiger partial charge is 0.480 e. The fraction of sp³-hybridized carbons (Fsp3) is 0.917. The summed E-state index contributed by atoms with van der Waals surface area (Å²) < 4.78 is 0. The molecule has 0 fully saturated rings. The molecule has 0 rings (SSSR count). The summed E-state index contributed by atoms with van der Waals surface area (Å²) in [5, 5.41) is 48.0. The summed E-state index contributed by atoms with van der Waals surface area (Å²) in [6.45, 7) is 10.2. The van der Waals surface area contributed by atoms with Crippen LogP contribution in [0.1, 0.15) is 48.0 Å². The Morgan fingerprint density at radius 1 is 1.05 bits per heavy atom. The number of rotatable bonds is 4. The summed E-state index contributed by atoms with van der Waals surface area (Å²) in [6, 6.07) is -0.690. The second-order valence-electron chi connectivity index (χ2n) is 6.04. The van der Waals surface area contributed by atoms with Crippen molar-refractivity contribution in [1.82, 2.24) is 0 Å². The molecule has 128 valence electrons. The molecule has 0 radical (unpaired) electrons. The van der Waals surface area contributed by atoms with Crippen LogP contribution in [-0.2, 0) is 4.79 Å². The van der Waals surface area contributed by atoms with Crippen molar-refractivity contribution < 1.29 is 35.2 Å². The number of hydrogen-bond donors (Lipinski definition) is 7. The van der Waals surface area contributed by atoms with Gasteiger partial charge in [0.15, 0.2) is 0 Å². The highest BCUT2D eigenvalue weighted by molar-refractivity contribution is 6.30. The summed E-state index contributed by atoms with van der Waals surface area (Å²) in [4.78, 5) is 10.1. The summed E-state index contributed by atoms with van der Waals surface area (Å²) >= 11 is 0. The lowest BCUT2D eigenvalue weighted by Gasteiger charge is -2.31. The normalized spacial score (nSPS) is 12.6. The first-order valence-corrected chi connectivity index (χ1v) is 6.49. The minimum atomic E-state index is -2.17. The maximum Gasteiger partial charge on any atom is 0.631 e. The fourth-order valence-electron chi connectivity index (χ4n) is 0.609. The van der Waals surface area contributed by atoms with E-state index in [0.29, 0.717) is 12.3 Å². The first-order valence-electron chi connectivity index (χ1n) is 6.49. The van der Waals surface area contributed by atoms with E-state index in [1.807, 2.05) is 13.8 Å². The SMILES string of the molecule is CC(C)(O)C(C)(C)O.CC(C)CC(N)C(=O)O.OB(O)O. The maximum absolute atomic E-state index is 10.1. The van der Waals surface area contributed by atoms with Crippen molar-refractivity contribution in [3.8, 4) is 0 Å². The number of carbonyl (C=O) groups is 1. The molecule has 0 aliphatic rings. The zero-order valence-electron chi connectivity index (χ0n) is 13.6. The van der Waals surface area contributed by atoms with Gasteiger partial charge in [0.2, 0.25) is 0 Å². The van der Waals surface area contributed by atoms with E-state index in [2.05, 4.69) is 0 Å². The predicted octanol–water partition coefficient (Wildman–Crippen LogP) is -1.08. The molecule has 0 amide bonds. The van der Waals surface area contributed by atoms with Gasteiger partial charge < -0.3 is 36.1 Å². The van der Waals surface area contributed by atoms with E-state index < -0.39 is 30.5 Å². The van der Waals surface area contributed by atoms with Gasteiger partial charge in [0.05, 0.1) is 11.2 Å². The lowest BCUT2D eigenvalue weighted by Crippen LogP contribution is -2.44. The molecule has 8 N–H and O–H groups in total. The summed E-state index contributed by atoms with van der Waals surface area (Å²) in [5.74, 6) is -0.556. The molecule has 1 unspecified atom stereocenters. The second-order valence-corrected chi connectivity index (χ2v) is 6.04. The average Bonchev–Trinajstić information content (AvgIpc) is 2.12. The predicted molar refractivity (Wildman–Crippen MR) is 80.1 cm³/mol. The molecule has 0 aromatic rings. The molecular formula is C12H30BNO7. The molecule has 0 aliphatic heterocycles. The van der Waals surface area contributed by atoms with Crippen molar-refractivity contribution >= 4 is 13.3 Å². The highest BCUT2D eigenvalue weighted by Gasteiger charge is 2.31. The van der Waals surface area contributed by atoms with Crippen molar-refractivity contribution in [1.29, 1.82) is 0 Å². The number of hydrogen-bond acceptors (Lipinski definition) is 7. The van der Waals surface area contributed by atoms with Crippen LogP contribution in [0.5, 0.6) is 0 Å². The van der Waals surface area contributed by atoms with Crippen LogP contribution in [0.4, 0.5) is 0 Å². The lowest BCUT2D eigenvalue weighted by molar-refractivity contribution is -0.138.